The number of methoxy groups -OCH3 is 1. The third-order valence-electron chi connectivity index (χ3n) is 5.45. The highest BCUT2D eigenvalue weighted by molar-refractivity contribution is 5.93. The maximum absolute atomic E-state index is 12.1. The first kappa shape index (κ1) is 23.5. The number of carbonyl (C=O) groups is 1. The Balaban J connectivity index is 1.58. The summed E-state index contributed by atoms with van der Waals surface area (Å²) in [6.07, 6.45) is 5.65. The summed E-state index contributed by atoms with van der Waals surface area (Å²) >= 11 is 0. The Morgan fingerprint density at radius 3 is 2.69 bits per heavy atom. The van der Waals surface area contributed by atoms with Crippen molar-refractivity contribution in [2.75, 3.05) is 46.4 Å². The van der Waals surface area contributed by atoms with Gasteiger partial charge in [0, 0.05) is 32.0 Å². The molecule has 0 aliphatic carbocycles. The summed E-state index contributed by atoms with van der Waals surface area (Å²) in [4.78, 5) is 23.5. The highest BCUT2D eigenvalue weighted by atomic mass is 16.5. The Hall–Kier alpha value is -3.13. The molecule has 1 aromatic carbocycles. The van der Waals surface area contributed by atoms with Gasteiger partial charge in [0.1, 0.15) is 5.75 Å². The molecule has 8 nitrogen and oxygen atoms in total. The van der Waals surface area contributed by atoms with E-state index in [-0.39, 0.29) is 11.9 Å². The molecule has 1 aromatic heterocycles. The molecule has 0 bridgehead atoms. The second-order valence-corrected chi connectivity index (χ2v) is 7.68. The van der Waals surface area contributed by atoms with E-state index in [4.69, 9.17) is 9.73 Å². The molecule has 2 aromatic rings. The van der Waals surface area contributed by atoms with Gasteiger partial charge in [0.25, 0.3) is 5.91 Å². The van der Waals surface area contributed by atoms with Gasteiger partial charge < -0.3 is 20.7 Å². The van der Waals surface area contributed by atoms with Gasteiger partial charge in [-0.2, -0.15) is 0 Å². The number of nitrogens with zero attached hydrogens (tertiary/aromatic N) is 3. The number of likely N-dealkylation sites (tertiary alicyclic amines) is 1. The van der Waals surface area contributed by atoms with Gasteiger partial charge in [-0.3, -0.25) is 19.7 Å². The molecule has 0 radical (unpaired) electrons. The highest BCUT2D eigenvalue weighted by Crippen LogP contribution is 2.27. The molecule has 172 valence electrons. The minimum absolute atomic E-state index is 0.131. The Kier molecular flexibility index (Phi) is 9.31. The van der Waals surface area contributed by atoms with E-state index in [1.165, 1.54) is 18.4 Å². The lowest BCUT2D eigenvalue weighted by Crippen LogP contribution is -2.42. The normalized spacial score (nSPS) is 15.2. The molecule has 1 aliphatic rings. The number of guanidine groups is 1. The van der Waals surface area contributed by atoms with Crippen molar-refractivity contribution in [1.29, 1.82) is 0 Å². The monoisotopic (exact) mass is 438 g/mol. The number of hydrogen-bond donors (Lipinski definition) is 3. The van der Waals surface area contributed by atoms with E-state index in [0.717, 1.165) is 31.3 Å². The van der Waals surface area contributed by atoms with Gasteiger partial charge in [-0.1, -0.05) is 12.1 Å². The zero-order valence-corrected chi connectivity index (χ0v) is 19.0. The van der Waals surface area contributed by atoms with E-state index >= 15 is 0 Å². The molecule has 32 heavy (non-hydrogen) atoms. The predicted molar refractivity (Wildman–Crippen MR) is 127 cm³/mol. The highest BCUT2D eigenvalue weighted by Gasteiger charge is 2.23. The van der Waals surface area contributed by atoms with Gasteiger partial charge in [-0.25, -0.2) is 0 Å². The SMILES string of the molecule is CCNC(=NCC(c1cccc(OC)c1)N1CCCC1)NCCNC(=O)c1cccnc1. The molecule has 1 amide bonds. The van der Waals surface area contributed by atoms with Crippen LogP contribution in [0.4, 0.5) is 0 Å². The van der Waals surface area contributed by atoms with Crippen molar-refractivity contribution >= 4 is 11.9 Å². The molecular formula is C24H34N6O2. The Morgan fingerprint density at radius 1 is 1.16 bits per heavy atom. The quantitative estimate of drug-likeness (QED) is 0.299. The Bertz CT molecular complexity index is 868. The number of amides is 1. The lowest BCUT2D eigenvalue weighted by atomic mass is 10.1. The van der Waals surface area contributed by atoms with Crippen molar-refractivity contribution < 1.29 is 9.53 Å². The van der Waals surface area contributed by atoms with Crippen LogP contribution in [0.1, 0.15) is 41.7 Å². The van der Waals surface area contributed by atoms with Crippen LogP contribution in [-0.2, 0) is 0 Å². The first-order valence-corrected chi connectivity index (χ1v) is 11.3. The molecule has 0 spiro atoms. The lowest BCUT2D eigenvalue weighted by molar-refractivity contribution is 0.0954. The lowest BCUT2D eigenvalue weighted by Gasteiger charge is -2.27. The van der Waals surface area contributed by atoms with E-state index in [2.05, 4.69) is 38.0 Å². The summed E-state index contributed by atoms with van der Waals surface area (Å²) in [6.45, 7) is 6.69. The summed E-state index contributed by atoms with van der Waals surface area (Å²) in [5.74, 6) is 1.48. The van der Waals surface area contributed by atoms with E-state index in [1.807, 2.05) is 19.1 Å². The summed E-state index contributed by atoms with van der Waals surface area (Å²) < 4.78 is 5.43. The third kappa shape index (κ3) is 6.95. The van der Waals surface area contributed by atoms with Crippen molar-refractivity contribution in [2.45, 2.75) is 25.8 Å². The zero-order valence-electron chi connectivity index (χ0n) is 19.0. The molecule has 1 unspecified atom stereocenters. The van der Waals surface area contributed by atoms with Crippen molar-refractivity contribution in [2.24, 2.45) is 4.99 Å². The predicted octanol–water partition coefficient (Wildman–Crippen LogP) is 2.21. The van der Waals surface area contributed by atoms with Gasteiger partial charge in [0.05, 0.1) is 25.3 Å². The maximum atomic E-state index is 12.1. The fourth-order valence-corrected chi connectivity index (χ4v) is 3.81. The van der Waals surface area contributed by atoms with Crippen LogP contribution in [0.3, 0.4) is 0 Å². The summed E-state index contributed by atoms with van der Waals surface area (Å²) in [6, 6.07) is 12.0. The van der Waals surface area contributed by atoms with Crippen LogP contribution in [0.15, 0.2) is 53.8 Å². The van der Waals surface area contributed by atoms with Crippen LogP contribution in [0.5, 0.6) is 5.75 Å². The Labute approximate surface area is 190 Å². The number of hydrogen-bond acceptors (Lipinski definition) is 5. The number of aromatic nitrogens is 1. The van der Waals surface area contributed by atoms with Crippen LogP contribution in [-0.4, -0.2) is 68.1 Å². The van der Waals surface area contributed by atoms with Crippen molar-refractivity contribution in [3.8, 4) is 5.75 Å². The van der Waals surface area contributed by atoms with Crippen molar-refractivity contribution in [1.82, 2.24) is 25.8 Å². The first-order chi connectivity index (χ1) is 15.7. The zero-order chi connectivity index (χ0) is 22.6. The van der Waals surface area contributed by atoms with E-state index in [1.54, 1.807) is 31.6 Å². The molecule has 1 atom stereocenters. The number of benzene rings is 1. The maximum Gasteiger partial charge on any atom is 0.252 e. The van der Waals surface area contributed by atoms with Crippen LogP contribution in [0.25, 0.3) is 0 Å². The molecule has 0 saturated carbocycles. The van der Waals surface area contributed by atoms with Crippen LogP contribution < -0.4 is 20.7 Å². The Morgan fingerprint density at radius 2 is 1.97 bits per heavy atom. The molecule has 1 aliphatic heterocycles. The molecular weight excluding hydrogens is 404 g/mol. The molecule has 3 rings (SSSR count). The van der Waals surface area contributed by atoms with Gasteiger partial charge in [0.2, 0.25) is 0 Å². The fraction of sp³-hybridized carbons (Fsp3) is 0.458. The number of aliphatic imine (C=N–C) groups is 1. The van der Waals surface area contributed by atoms with E-state index < -0.39 is 0 Å². The average molecular weight is 439 g/mol. The van der Waals surface area contributed by atoms with Crippen molar-refractivity contribution in [3.05, 3.63) is 59.9 Å². The largest absolute Gasteiger partial charge is 0.497 e. The summed E-state index contributed by atoms with van der Waals surface area (Å²) in [5, 5.41) is 9.51. The number of rotatable bonds is 10. The minimum atomic E-state index is -0.131. The number of carbonyl (C=O) groups excluding carboxylic acids is 1. The van der Waals surface area contributed by atoms with E-state index in [9.17, 15) is 4.79 Å². The summed E-state index contributed by atoms with van der Waals surface area (Å²) in [7, 11) is 1.70. The van der Waals surface area contributed by atoms with Gasteiger partial charge >= 0.3 is 0 Å². The smallest absolute Gasteiger partial charge is 0.252 e. The molecule has 1 saturated heterocycles. The average Bonchev–Trinajstić information content (AvgIpc) is 3.37. The second kappa shape index (κ2) is 12.7. The number of pyridine rings is 1. The van der Waals surface area contributed by atoms with Gasteiger partial charge in [-0.15, -0.1) is 0 Å². The molecule has 8 heteroatoms. The first-order valence-electron chi connectivity index (χ1n) is 11.3. The standard InChI is InChI=1S/C24H34N6O2/c1-3-26-24(28-13-12-27-23(31)20-9-7-11-25-17-20)29-18-22(30-14-4-5-15-30)19-8-6-10-21(16-19)32-2/h6-11,16-17,22H,3-5,12-15,18H2,1-2H3,(H,27,31)(H2,26,28,29). The second-order valence-electron chi connectivity index (χ2n) is 7.68. The summed E-state index contributed by atoms with van der Waals surface area (Å²) in [5.41, 5.74) is 1.77. The van der Waals surface area contributed by atoms with Crippen LogP contribution in [0, 0.1) is 0 Å². The molecule has 2 heterocycles. The minimum Gasteiger partial charge on any atom is -0.497 e. The third-order valence-corrected chi connectivity index (χ3v) is 5.45. The van der Waals surface area contributed by atoms with Gasteiger partial charge in [-0.05, 0) is 62.7 Å². The number of ether oxygens (including phenoxy) is 1. The van der Waals surface area contributed by atoms with E-state index in [0.29, 0.717) is 25.2 Å². The molecule has 1 fully saturated rings. The van der Waals surface area contributed by atoms with Crippen molar-refractivity contribution in [3.63, 3.8) is 0 Å². The van der Waals surface area contributed by atoms with Crippen LogP contribution >= 0.6 is 0 Å². The topological polar surface area (TPSA) is 90.9 Å². The van der Waals surface area contributed by atoms with Crippen LogP contribution in [0.2, 0.25) is 0 Å². The molecule has 3 N–H and O–H groups in total. The number of nitrogens with one attached hydrogen (secondary N) is 3. The fourth-order valence-electron chi connectivity index (χ4n) is 3.81. The van der Waals surface area contributed by atoms with Gasteiger partial charge in [0.15, 0.2) is 5.96 Å².